The molecule has 1 fully saturated rings. The molecule has 19 heavy (non-hydrogen) atoms. The van der Waals surface area contributed by atoms with Gasteiger partial charge in [0.15, 0.2) is 0 Å². The van der Waals surface area contributed by atoms with Crippen molar-refractivity contribution in [2.75, 3.05) is 5.73 Å². The molecule has 106 valence electrons. The van der Waals surface area contributed by atoms with Crippen molar-refractivity contribution in [3.05, 3.63) is 22.7 Å². The molecular weight excluding hydrogens is 284 g/mol. The molecule has 1 aromatic carbocycles. The minimum Gasteiger partial charge on any atom is -0.398 e. The zero-order valence-electron chi connectivity index (χ0n) is 11.1. The van der Waals surface area contributed by atoms with Crippen LogP contribution >= 0.6 is 11.6 Å². The van der Waals surface area contributed by atoms with E-state index >= 15 is 0 Å². The van der Waals surface area contributed by atoms with Gasteiger partial charge in [-0.1, -0.05) is 24.9 Å². The number of anilines is 1. The summed E-state index contributed by atoms with van der Waals surface area (Å²) in [6, 6.07) is 2.97. The van der Waals surface area contributed by atoms with Crippen LogP contribution in [-0.4, -0.2) is 14.5 Å². The van der Waals surface area contributed by atoms with Gasteiger partial charge in [-0.2, -0.15) is 0 Å². The average molecular weight is 303 g/mol. The molecule has 0 aromatic heterocycles. The van der Waals surface area contributed by atoms with E-state index in [-0.39, 0.29) is 10.9 Å². The number of rotatable bonds is 5. The Morgan fingerprint density at radius 2 is 2.16 bits per heavy atom. The van der Waals surface area contributed by atoms with Gasteiger partial charge in [0.1, 0.15) is 0 Å². The highest BCUT2D eigenvalue weighted by Crippen LogP contribution is 2.36. The molecule has 4 nitrogen and oxygen atoms in total. The van der Waals surface area contributed by atoms with Gasteiger partial charge >= 0.3 is 0 Å². The summed E-state index contributed by atoms with van der Waals surface area (Å²) in [4.78, 5) is 0.141. The van der Waals surface area contributed by atoms with Crippen molar-refractivity contribution in [3.63, 3.8) is 0 Å². The van der Waals surface area contributed by atoms with Gasteiger partial charge in [0, 0.05) is 16.8 Å². The first-order valence-corrected chi connectivity index (χ1v) is 8.29. The zero-order valence-corrected chi connectivity index (χ0v) is 12.7. The van der Waals surface area contributed by atoms with Crippen LogP contribution < -0.4 is 10.5 Å². The second-order valence-electron chi connectivity index (χ2n) is 5.13. The highest BCUT2D eigenvalue weighted by atomic mass is 35.5. The molecule has 1 aliphatic carbocycles. The van der Waals surface area contributed by atoms with Crippen molar-refractivity contribution in [2.45, 2.75) is 44.0 Å². The normalized spacial score (nSPS) is 22.5. The van der Waals surface area contributed by atoms with Crippen LogP contribution in [0.2, 0.25) is 5.02 Å². The van der Waals surface area contributed by atoms with Crippen LogP contribution in [0.15, 0.2) is 17.0 Å². The second-order valence-corrected chi connectivity index (χ2v) is 7.25. The van der Waals surface area contributed by atoms with Crippen LogP contribution in [-0.2, 0) is 10.0 Å². The van der Waals surface area contributed by atoms with Gasteiger partial charge in [0.25, 0.3) is 0 Å². The quantitative estimate of drug-likeness (QED) is 0.821. The van der Waals surface area contributed by atoms with Crippen molar-refractivity contribution in [1.82, 2.24) is 4.72 Å². The van der Waals surface area contributed by atoms with Crippen molar-refractivity contribution in [2.24, 2.45) is 5.92 Å². The molecule has 1 aliphatic rings. The van der Waals surface area contributed by atoms with Gasteiger partial charge in [-0.3, -0.25) is 0 Å². The highest BCUT2D eigenvalue weighted by Gasteiger charge is 2.39. The Bertz CT molecular complexity index is 563. The van der Waals surface area contributed by atoms with Gasteiger partial charge in [0.05, 0.1) is 4.90 Å². The molecule has 0 heterocycles. The Morgan fingerprint density at radius 1 is 1.47 bits per heavy atom. The second kappa shape index (κ2) is 5.31. The van der Waals surface area contributed by atoms with Gasteiger partial charge in [-0.25, -0.2) is 13.1 Å². The summed E-state index contributed by atoms with van der Waals surface area (Å²) in [5.74, 6) is 0.470. The largest absolute Gasteiger partial charge is 0.398 e. The zero-order chi connectivity index (χ0) is 14.2. The monoisotopic (exact) mass is 302 g/mol. The Labute approximate surface area is 119 Å². The van der Waals surface area contributed by atoms with E-state index < -0.39 is 10.0 Å². The number of sulfonamides is 1. The van der Waals surface area contributed by atoms with E-state index in [1.54, 1.807) is 6.92 Å². The fourth-order valence-corrected chi connectivity index (χ4v) is 3.85. The summed E-state index contributed by atoms with van der Waals surface area (Å²) >= 11 is 5.98. The number of benzene rings is 1. The number of hydrogen-bond acceptors (Lipinski definition) is 3. The van der Waals surface area contributed by atoms with E-state index in [9.17, 15) is 8.42 Å². The standard InChI is InChI=1S/C13H19ClN2O2S/c1-3-4-9-5-13(9)16-19(17,18)10-6-11(14)8(2)12(15)7-10/h6-7,9,13,16H,3-5,15H2,1-2H3. The molecule has 2 unspecified atom stereocenters. The summed E-state index contributed by atoms with van der Waals surface area (Å²) in [5.41, 5.74) is 6.86. The molecule has 2 rings (SSSR count). The fraction of sp³-hybridized carbons (Fsp3) is 0.538. The van der Waals surface area contributed by atoms with Crippen LogP contribution in [0.1, 0.15) is 31.7 Å². The Kier molecular flexibility index (Phi) is 4.08. The predicted molar refractivity (Wildman–Crippen MR) is 77.7 cm³/mol. The van der Waals surface area contributed by atoms with Gasteiger partial charge in [-0.15, -0.1) is 0 Å². The van der Waals surface area contributed by atoms with Crippen LogP contribution in [0.3, 0.4) is 0 Å². The van der Waals surface area contributed by atoms with Crippen molar-refractivity contribution in [3.8, 4) is 0 Å². The number of nitrogen functional groups attached to an aromatic ring is 1. The first-order valence-electron chi connectivity index (χ1n) is 6.43. The molecule has 0 bridgehead atoms. The lowest BCUT2D eigenvalue weighted by atomic mass is 10.2. The summed E-state index contributed by atoms with van der Waals surface area (Å²) in [7, 11) is -3.52. The third-order valence-electron chi connectivity index (χ3n) is 3.56. The minimum absolute atomic E-state index is 0.0613. The molecule has 0 spiro atoms. The maximum Gasteiger partial charge on any atom is 0.240 e. The first-order chi connectivity index (χ1) is 8.85. The molecule has 1 aromatic rings. The number of hydrogen-bond donors (Lipinski definition) is 2. The maximum absolute atomic E-state index is 12.2. The molecule has 2 atom stereocenters. The molecule has 0 saturated heterocycles. The van der Waals surface area contributed by atoms with E-state index in [4.69, 9.17) is 17.3 Å². The lowest BCUT2D eigenvalue weighted by molar-refractivity contribution is 0.573. The number of halogens is 1. The minimum atomic E-state index is -3.52. The Morgan fingerprint density at radius 3 is 2.74 bits per heavy atom. The fourth-order valence-electron chi connectivity index (χ4n) is 2.18. The summed E-state index contributed by atoms with van der Waals surface area (Å²) in [6.07, 6.45) is 3.05. The van der Waals surface area contributed by atoms with Crippen molar-refractivity contribution >= 4 is 27.3 Å². The predicted octanol–water partition coefficient (Wildman–Crippen LogP) is 2.70. The Balaban J connectivity index is 2.17. The SMILES string of the molecule is CCCC1CC1NS(=O)(=O)c1cc(N)c(C)c(Cl)c1. The van der Waals surface area contributed by atoms with Crippen LogP contribution in [0.5, 0.6) is 0 Å². The van der Waals surface area contributed by atoms with Crippen LogP contribution in [0.25, 0.3) is 0 Å². The van der Waals surface area contributed by atoms with E-state index in [1.807, 2.05) is 0 Å². The number of nitrogens with one attached hydrogen (secondary N) is 1. The molecule has 3 N–H and O–H groups in total. The first kappa shape index (κ1) is 14.6. The van der Waals surface area contributed by atoms with E-state index in [1.165, 1.54) is 12.1 Å². The summed E-state index contributed by atoms with van der Waals surface area (Å²) in [5, 5.41) is 0.376. The lowest BCUT2D eigenvalue weighted by Crippen LogP contribution is -2.27. The third kappa shape index (κ3) is 3.22. The van der Waals surface area contributed by atoms with E-state index in [0.717, 1.165) is 19.3 Å². The highest BCUT2D eigenvalue weighted by molar-refractivity contribution is 7.89. The lowest BCUT2D eigenvalue weighted by Gasteiger charge is -2.10. The molecule has 1 saturated carbocycles. The van der Waals surface area contributed by atoms with E-state index in [2.05, 4.69) is 11.6 Å². The summed E-state index contributed by atoms with van der Waals surface area (Å²) in [6.45, 7) is 3.87. The average Bonchev–Trinajstić information content (AvgIpc) is 3.03. The smallest absolute Gasteiger partial charge is 0.240 e. The van der Waals surface area contributed by atoms with Gasteiger partial charge in [0.2, 0.25) is 10.0 Å². The van der Waals surface area contributed by atoms with Crippen molar-refractivity contribution in [1.29, 1.82) is 0 Å². The molecule has 0 radical (unpaired) electrons. The van der Waals surface area contributed by atoms with Gasteiger partial charge < -0.3 is 5.73 Å². The molecular formula is C13H19ClN2O2S. The topological polar surface area (TPSA) is 72.2 Å². The third-order valence-corrected chi connectivity index (χ3v) is 5.42. The number of nitrogens with two attached hydrogens (primary N) is 1. The van der Waals surface area contributed by atoms with Crippen molar-refractivity contribution < 1.29 is 8.42 Å². The Hall–Kier alpha value is -0.780. The summed E-state index contributed by atoms with van der Waals surface area (Å²) < 4.78 is 27.2. The van der Waals surface area contributed by atoms with Gasteiger partial charge in [-0.05, 0) is 43.4 Å². The van der Waals surface area contributed by atoms with Crippen LogP contribution in [0.4, 0.5) is 5.69 Å². The molecule has 0 aliphatic heterocycles. The molecule has 6 heteroatoms. The van der Waals surface area contributed by atoms with Crippen LogP contribution in [0, 0.1) is 12.8 Å². The molecule has 0 amide bonds. The van der Waals surface area contributed by atoms with E-state index in [0.29, 0.717) is 22.2 Å². The maximum atomic E-state index is 12.2.